The van der Waals surface area contributed by atoms with E-state index in [4.69, 9.17) is 4.98 Å². The zero-order valence-corrected chi connectivity index (χ0v) is 14.6. The third-order valence-electron chi connectivity index (χ3n) is 4.00. The van der Waals surface area contributed by atoms with Crippen molar-refractivity contribution in [3.8, 4) is 0 Å². The lowest BCUT2D eigenvalue weighted by Crippen LogP contribution is -2.23. The van der Waals surface area contributed by atoms with Gasteiger partial charge in [0.1, 0.15) is 5.82 Å². The molecule has 4 nitrogen and oxygen atoms in total. The summed E-state index contributed by atoms with van der Waals surface area (Å²) >= 11 is 0. The number of benzene rings is 1. The topological polar surface area (TPSA) is 46.9 Å². The first-order valence-electron chi connectivity index (χ1n) is 8.82. The van der Waals surface area contributed by atoms with Crippen LogP contribution in [0.15, 0.2) is 24.3 Å². The van der Waals surface area contributed by atoms with Crippen LogP contribution in [0.1, 0.15) is 52.3 Å². The third-order valence-corrected chi connectivity index (χ3v) is 4.00. The Morgan fingerprint density at radius 2 is 2.00 bits per heavy atom. The number of fused-ring (bicyclic) bond motifs is 1. The van der Waals surface area contributed by atoms with E-state index in [0.717, 1.165) is 44.3 Å². The fraction of sp³-hybridized carbons (Fsp3) is 0.579. The van der Waals surface area contributed by atoms with Crippen molar-refractivity contribution in [2.45, 2.75) is 59.4 Å². The number of hydrogen-bond acceptors (Lipinski definition) is 2. The number of imidazole rings is 1. The van der Waals surface area contributed by atoms with E-state index in [2.05, 4.69) is 48.0 Å². The molecule has 0 aliphatic rings. The van der Waals surface area contributed by atoms with Gasteiger partial charge in [-0.05, 0) is 30.9 Å². The molecule has 0 unspecified atom stereocenters. The summed E-state index contributed by atoms with van der Waals surface area (Å²) in [6, 6.07) is 8.39. The van der Waals surface area contributed by atoms with Gasteiger partial charge in [0.2, 0.25) is 5.91 Å². The SMILES string of the molecule is CCC(=O)NCCCCCc1nc2ccccc2n1CC(C)C. The van der Waals surface area contributed by atoms with Crippen LogP contribution in [0, 0.1) is 5.92 Å². The van der Waals surface area contributed by atoms with E-state index in [0.29, 0.717) is 12.3 Å². The molecule has 0 aliphatic carbocycles. The summed E-state index contributed by atoms with van der Waals surface area (Å²) in [5, 5.41) is 2.93. The lowest BCUT2D eigenvalue weighted by atomic mass is 10.1. The summed E-state index contributed by atoms with van der Waals surface area (Å²) < 4.78 is 2.37. The van der Waals surface area contributed by atoms with Gasteiger partial charge in [0.25, 0.3) is 0 Å². The van der Waals surface area contributed by atoms with Crippen molar-refractivity contribution in [3.63, 3.8) is 0 Å². The summed E-state index contributed by atoms with van der Waals surface area (Å²) in [5.41, 5.74) is 2.34. The number of unbranched alkanes of at least 4 members (excludes halogenated alkanes) is 2. The zero-order chi connectivity index (χ0) is 16.7. The molecule has 0 radical (unpaired) electrons. The maximum absolute atomic E-state index is 11.2. The summed E-state index contributed by atoms with van der Waals surface area (Å²) in [5.74, 6) is 1.94. The predicted molar refractivity (Wildman–Crippen MR) is 95.4 cm³/mol. The third kappa shape index (κ3) is 5.08. The van der Waals surface area contributed by atoms with E-state index < -0.39 is 0 Å². The first-order valence-corrected chi connectivity index (χ1v) is 8.82. The Labute approximate surface area is 139 Å². The van der Waals surface area contributed by atoms with Gasteiger partial charge in [-0.15, -0.1) is 0 Å². The molecule has 1 amide bonds. The number of carbonyl (C=O) groups is 1. The van der Waals surface area contributed by atoms with Crippen molar-refractivity contribution >= 4 is 16.9 Å². The Bertz CT molecular complexity index is 631. The molecule has 0 bridgehead atoms. The Hall–Kier alpha value is -1.84. The number of aryl methyl sites for hydroxylation is 1. The van der Waals surface area contributed by atoms with Crippen LogP contribution in [0.25, 0.3) is 11.0 Å². The van der Waals surface area contributed by atoms with E-state index >= 15 is 0 Å². The molecule has 0 atom stereocenters. The minimum Gasteiger partial charge on any atom is -0.356 e. The summed E-state index contributed by atoms with van der Waals surface area (Å²) in [7, 11) is 0. The number of nitrogens with zero attached hydrogens (tertiary/aromatic N) is 2. The number of rotatable bonds is 9. The number of aromatic nitrogens is 2. The molecule has 0 spiro atoms. The number of nitrogens with one attached hydrogen (secondary N) is 1. The largest absolute Gasteiger partial charge is 0.356 e. The predicted octanol–water partition coefficient (Wildman–Crippen LogP) is 3.93. The van der Waals surface area contributed by atoms with Crippen LogP contribution in [-0.2, 0) is 17.8 Å². The van der Waals surface area contributed by atoms with Crippen LogP contribution in [-0.4, -0.2) is 22.0 Å². The summed E-state index contributed by atoms with van der Waals surface area (Å²) in [6.07, 6.45) is 4.84. The molecule has 1 N–H and O–H groups in total. The standard InChI is InChI=1S/C19H29N3O/c1-4-19(23)20-13-9-5-6-12-18-21-16-10-7-8-11-17(16)22(18)14-15(2)3/h7-8,10-11,15H,4-6,9,12-14H2,1-3H3,(H,20,23). The van der Waals surface area contributed by atoms with Crippen LogP contribution in [0.4, 0.5) is 0 Å². The van der Waals surface area contributed by atoms with E-state index in [1.807, 2.05) is 6.92 Å². The molecule has 126 valence electrons. The van der Waals surface area contributed by atoms with Gasteiger partial charge in [-0.2, -0.15) is 0 Å². The molecule has 1 heterocycles. The second kappa shape index (κ2) is 8.70. The second-order valence-corrected chi connectivity index (χ2v) is 6.54. The first-order chi connectivity index (χ1) is 11.1. The highest BCUT2D eigenvalue weighted by Gasteiger charge is 2.11. The van der Waals surface area contributed by atoms with Crippen LogP contribution in [0.5, 0.6) is 0 Å². The van der Waals surface area contributed by atoms with E-state index in [1.54, 1.807) is 0 Å². The highest BCUT2D eigenvalue weighted by atomic mass is 16.1. The van der Waals surface area contributed by atoms with Crippen molar-refractivity contribution in [1.29, 1.82) is 0 Å². The zero-order valence-electron chi connectivity index (χ0n) is 14.6. The molecule has 0 saturated heterocycles. The molecule has 2 aromatic rings. The molecule has 1 aromatic heterocycles. The molecule has 0 fully saturated rings. The molecule has 23 heavy (non-hydrogen) atoms. The van der Waals surface area contributed by atoms with Crippen molar-refractivity contribution in [3.05, 3.63) is 30.1 Å². The maximum atomic E-state index is 11.2. The van der Waals surface area contributed by atoms with Crippen molar-refractivity contribution in [1.82, 2.24) is 14.9 Å². The number of carbonyl (C=O) groups excluding carboxylic acids is 1. The van der Waals surface area contributed by atoms with Gasteiger partial charge in [-0.3, -0.25) is 4.79 Å². The van der Waals surface area contributed by atoms with Crippen LogP contribution >= 0.6 is 0 Å². The summed E-state index contributed by atoms with van der Waals surface area (Å²) in [4.78, 5) is 16.0. The van der Waals surface area contributed by atoms with Crippen LogP contribution in [0.3, 0.4) is 0 Å². The Balaban J connectivity index is 1.90. The fourth-order valence-corrected chi connectivity index (χ4v) is 2.82. The summed E-state index contributed by atoms with van der Waals surface area (Å²) in [6.45, 7) is 8.18. The van der Waals surface area contributed by atoms with Gasteiger partial charge in [-0.1, -0.05) is 39.3 Å². The normalized spacial score (nSPS) is 11.3. The van der Waals surface area contributed by atoms with E-state index in [1.165, 1.54) is 11.3 Å². The minimum absolute atomic E-state index is 0.142. The van der Waals surface area contributed by atoms with E-state index in [9.17, 15) is 4.79 Å². The van der Waals surface area contributed by atoms with Crippen molar-refractivity contribution < 1.29 is 4.79 Å². The molecule has 2 rings (SSSR count). The Morgan fingerprint density at radius 3 is 2.74 bits per heavy atom. The van der Waals surface area contributed by atoms with Gasteiger partial charge in [0.05, 0.1) is 11.0 Å². The highest BCUT2D eigenvalue weighted by Crippen LogP contribution is 2.19. The molecular formula is C19H29N3O. The van der Waals surface area contributed by atoms with Gasteiger partial charge < -0.3 is 9.88 Å². The van der Waals surface area contributed by atoms with E-state index in [-0.39, 0.29) is 5.91 Å². The quantitative estimate of drug-likeness (QED) is 0.713. The van der Waals surface area contributed by atoms with Crippen molar-refractivity contribution in [2.75, 3.05) is 6.54 Å². The molecule has 0 saturated carbocycles. The number of amides is 1. The number of hydrogen-bond donors (Lipinski definition) is 1. The Kier molecular flexibility index (Phi) is 6.63. The molecule has 1 aromatic carbocycles. The van der Waals surface area contributed by atoms with Crippen LogP contribution < -0.4 is 5.32 Å². The molecular weight excluding hydrogens is 286 g/mol. The molecule has 0 aliphatic heterocycles. The second-order valence-electron chi connectivity index (χ2n) is 6.54. The van der Waals surface area contributed by atoms with Gasteiger partial charge in [-0.25, -0.2) is 4.98 Å². The number of para-hydroxylation sites is 2. The first kappa shape index (κ1) is 17.5. The molecule has 4 heteroatoms. The van der Waals surface area contributed by atoms with Gasteiger partial charge >= 0.3 is 0 Å². The van der Waals surface area contributed by atoms with Gasteiger partial charge in [0, 0.05) is 25.9 Å². The fourth-order valence-electron chi connectivity index (χ4n) is 2.82. The monoisotopic (exact) mass is 315 g/mol. The van der Waals surface area contributed by atoms with Crippen LogP contribution in [0.2, 0.25) is 0 Å². The van der Waals surface area contributed by atoms with Gasteiger partial charge in [0.15, 0.2) is 0 Å². The lowest BCUT2D eigenvalue weighted by molar-refractivity contribution is -0.120. The minimum atomic E-state index is 0.142. The smallest absolute Gasteiger partial charge is 0.219 e. The Morgan fingerprint density at radius 1 is 1.22 bits per heavy atom. The maximum Gasteiger partial charge on any atom is 0.219 e. The lowest BCUT2D eigenvalue weighted by Gasteiger charge is -2.11. The average molecular weight is 315 g/mol. The highest BCUT2D eigenvalue weighted by molar-refractivity contribution is 5.76. The van der Waals surface area contributed by atoms with Crippen molar-refractivity contribution in [2.24, 2.45) is 5.92 Å². The average Bonchev–Trinajstić information content (AvgIpc) is 2.87.